The SMILES string of the molecule is COCCOc1ccc(C(=O)C=Cc2ccsc2)cc1OC. The van der Waals surface area contributed by atoms with Gasteiger partial charge in [0.05, 0.1) is 13.7 Å². The maximum Gasteiger partial charge on any atom is 0.185 e. The van der Waals surface area contributed by atoms with E-state index in [1.165, 1.54) is 0 Å². The molecular weight excluding hydrogens is 300 g/mol. The third-order valence-electron chi connectivity index (χ3n) is 2.96. The first kappa shape index (κ1) is 16.3. The molecule has 22 heavy (non-hydrogen) atoms. The average Bonchev–Trinajstić information content (AvgIpc) is 3.06. The van der Waals surface area contributed by atoms with Crippen LogP contribution in [0.15, 0.2) is 41.1 Å². The number of methoxy groups -OCH3 is 2. The van der Waals surface area contributed by atoms with Crippen molar-refractivity contribution in [3.8, 4) is 11.5 Å². The second kappa shape index (κ2) is 8.36. The van der Waals surface area contributed by atoms with E-state index < -0.39 is 0 Å². The van der Waals surface area contributed by atoms with Gasteiger partial charge in [0, 0.05) is 12.7 Å². The fraction of sp³-hybridized carbons (Fsp3) is 0.235. The van der Waals surface area contributed by atoms with Crippen molar-refractivity contribution in [2.75, 3.05) is 27.4 Å². The molecule has 1 heterocycles. The molecule has 0 amide bonds. The Balaban J connectivity index is 2.09. The summed E-state index contributed by atoms with van der Waals surface area (Å²) < 4.78 is 15.8. The second-order valence-electron chi connectivity index (χ2n) is 4.46. The predicted octanol–water partition coefficient (Wildman–Crippen LogP) is 3.68. The minimum Gasteiger partial charge on any atom is -0.493 e. The summed E-state index contributed by atoms with van der Waals surface area (Å²) in [7, 11) is 3.16. The van der Waals surface area contributed by atoms with E-state index in [0.717, 1.165) is 5.56 Å². The lowest BCUT2D eigenvalue weighted by molar-refractivity contribution is 0.104. The number of carbonyl (C=O) groups excluding carboxylic acids is 1. The average molecular weight is 318 g/mol. The van der Waals surface area contributed by atoms with Gasteiger partial charge in [-0.25, -0.2) is 0 Å². The van der Waals surface area contributed by atoms with Gasteiger partial charge in [-0.3, -0.25) is 4.79 Å². The van der Waals surface area contributed by atoms with Crippen LogP contribution in [0.3, 0.4) is 0 Å². The number of benzene rings is 1. The number of allylic oxidation sites excluding steroid dienone is 1. The molecule has 0 fully saturated rings. The summed E-state index contributed by atoms with van der Waals surface area (Å²) in [4.78, 5) is 12.2. The Morgan fingerprint density at radius 2 is 2.05 bits per heavy atom. The highest BCUT2D eigenvalue weighted by atomic mass is 32.1. The minimum absolute atomic E-state index is 0.0760. The number of hydrogen-bond donors (Lipinski definition) is 0. The van der Waals surface area contributed by atoms with Crippen LogP contribution >= 0.6 is 11.3 Å². The van der Waals surface area contributed by atoms with Gasteiger partial charge in [0.15, 0.2) is 17.3 Å². The lowest BCUT2D eigenvalue weighted by Crippen LogP contribution is -2.06. The molecule has 0 aliphatic carbocycles. The molecule has 2 aromatic rings. The number of hydrogen-bond acceptors (Lipinski definition) is 5. The number of rotatable bonds is 8. The van der Waals surface area contributed by atoms with Crippen LogP contribution in [0.25, 0.3) is 6.08 Å². The maximum atomic E-state index is 12.2. The third-order valence-corrected chi connectivity index (χ3v) is 3.66. The molecule has 5 heteroatoms. The second-order valence-corrected chi connectivity index (χ2v) is 5.24. The smallest absolute Gasteiger partial charge is 0.185 e. The van der Waals surface area contributed by atoms with Crippen LogP contribution in [-0.2, 0) is 4.74 Å². The molecule has 0 aliphatic heterocycles. The minimum atomic E-state index is -0.0760. The van der Waals surface area contributed by atoms with Gasteiger partial charge in [-0.15, -0.1) is 0 Å². The zero-order chi connectivity index (χ0) is 15.8. The van der Waals surface area contributed by atoms with Crippen molar-refractivity contribution >= 4 is 23.2 Å². The first-order valence-electron chi connectivity index (χ1n) is 6.79. The lowest BCUT2D eigenvalue weighted by atomic mass is 10.1. The van der Waals surface area contributed by atoms with E-state index in [4.69, 9.17) is 14.2 Å². The predicted molar refractivity (Wildman–Crippen MR) is 88.0 cm³/mol. The molecule has 0 spiro atoms. The maximum absolute atomic E-state index is 12.2. The van der Waals surface area contributed by atoms with E-state index in [-0.39, 0.29) is 5.78 Å². The first-order chi connectivity index (χ1) is 10.7. The third kappa shape index (κ3) is 4.44. The standard InChI is InChI=1S/C17H18O4S/c1-19-8-9-21-16-6-4-14(11-17(16)20-2)15(18)5-3-13-7-10-22-12-13/h3-7,10-12H,8-9H2,1-2H3. The summed E-state index contributed by atoms with van der Waals surface area (Å²) in [5.41, 5.74) is 1.58. The molecule has 4 nitrogen and oxygen atoms in total. The van der Waals surface area contributed by atoms with Crippen molar-refractivity contribution < 1.29 is 19.0 Å². The molecule has 0 bridgehead atoms. The van der Waals surface area contributed by atoms with Gasteiger partial charge in [0.1, 0.15) is 6.61 Å². The van der Waals surface area contributed by atoms with Gasteiger partial charge in [0.2, 0.25) is 0 Å². The molecular formula is C17H18O4S. The highest BCUT2D eigenvalue weighted by Crippen LogP contribution is 2.28. The van der Waals surface area contributed by atoms with Crippen LogP contribution in [0.5, 0.6) is 11.5 Å². The fourth-order valence-corrected chi connectivity index (χ4v) is 2.44. The summed E-state index contributed by atoms with van der Waals surface area (Å²) in [6.45, 7) is 0.922. The molecule has 0 saturated carbocycles. The topological polar surface area (TPSA) is 44.8 Å². The van der Waals surface area contributed by atoms with Crippen LogP contribution < -0.4 is 9.47 Å². The molecule has 0 unspecified atom stereocenters. The Morgan fingerprint density at radius 1 is 1.18 bits per heavy atom. The molecule has 0 atom stereocenters. The number of carbonyl (C=O) groups is 1. The lowest BCUT2D eigenvalue weighted by Gasteiger charge is -2.11. The van der Waals surface area contributed by atoms with Gasteiger partial charge in [-0.1, -0.05) is 6.08 Å². The van der Waals surface area contributed by atoms with Gasteiger partial charge in [0.25, 0.3) is 0 Å². The molecule has 2 rings (SSSR count). The summed E-state index contributed by atoms with van der Waals surface area (Å²) in [6, 6.07) is 7.11. The molecule has 116 valence electrons. The molecule has 0 aliphatic rings. The largest absolute Gasteiger partial charge is 0.493 e. The van der Waals surface area contributed by atoms with Crippen molar-refractivity contribution in [3.63, 3.8) is 0 Å². The van der Waals surface area contributed by atoms with E-state index in [2.05, 4.69) is 0 Å². The fourth-order valence-electron chi connectivity index (χ4n) is 1.81. The molecule has 1 aromatic heterocycles. The van der Waals surface area contributed by atoms with Crippen LogP contribution in [0.2, 0.25) is 0 Å². The monoisotopic (exact) mass is 318 g/mol. The van der Waals surface area contributed by atoms with E-state index in [9.17, 15) is 4.79 Å². The zero-order valence-electron chi connectivity index (χ0n) is 12.6. The summed E-state index contributed by atoms with van der Waals surface area (Å²) in [5.74, 6) is 1.05. The Labute approximate surface area is 133 Å². The van der Waals surface area contributed by atoms with Crippen LogP contribution in [0.4, 0.5) is 0 Å². The summed E-state index contributed by atoms with van der Waals surface area (Å²) in [6.07, 6.45) is 3.36. The van der Waals surface area contributed by atoms with Crippen LogP contribution in [0.1, 0.15) is 15.9 Å². The van der Waals surface area contributed by atoms with E-state index in [1.807, 2.05) is 16.8 Å². The quantitative estimate of drug-likeness (QED) is 0.423. The Hall–Kier alpha value is -2.11. The normalized spacial score (nSPS) is 10.8. The van der Waals surface area contributed by atoms with Gasteiger partial charge in [-0.05, 0) is 46.7 Å². The van der Waals surface area contributed by atoms with Crippen LogP contribution in [0, 0.1) is 0 Å². The Kier molecular flexibility index (Phi) is 6.18. The van der Waals surface area contributed by atoms with Crippen molar-refractivity contribution in [3.05, 3.63) is 52.2 Å². The van der Waals surface area contributed by atoms with Gasteiger partial charge < -0.3 is 14.2 Å². The molecule has 0 saturated heterocycles. The van der Waals surface area contributed by atoms with Crippen LogP contribution in [-0.4, -0.2) is 33.2 Å². The van der Waals surface area contributed by atoms with Crippen molar-refractivity contribution in [2.45, 2.75) is 0 Å². The van der Waals surface area contributed by atoms with Crippen molar-refractivity contribution in [1.29, 1.82) is 0 Å². The summed E-state index contributed by atoms with van der Waals surface area (Å²) >= 11 is 1.60. The van der Waals surface area contributed by atoms with Gasteiger partial charge >= 0.3 is 0 Å². The van der Waals surface area contributed by atoms with Crippen molar-refractivity contribution in [1.82, 2.24) is 0 Å². The van der Waals surface area contributed by atoms with Crippen molar-refractivity contribution in [2.24, 2.45) is 0 Å². The molecule has 0 radical (unpaired) electrons. The number of ether oxygens (including phenoxy) is 3. The van der Waals surface area contributed by atoms with E-state index >= 15 is 0 Å². The first-order valence-corrected chi connectivity index (χ1v) is 7.73. The molecule has 1 aromatic carbocycles. The number of ketones is 1. The van der Waals surface area contributed by atoms with Gasteiger partial charge in [-0.2, -0.15) is 11.3 Å². The number of thiophene rings is 1. The Bertz CT molecular complexity index is 632. The summed E-state index contributed by atoms with van der Waals surface area (Å²) in [5, 5.41) is 3.95. The Morgan fingerprint density at radius 3 is 2.73 bits per heavy atom. The molecule has 0 N–H and O–H groups in total. The van der Waals surface area contributed by atoms with E-state index in [0.29, 0.717) is 30.3 Å². The highest BCUT2D eigenvalue weighted by molar-refractivity contribution is 7.08. The van der Waals surface area contributed by atoms with E-state index in [1.54, 1.807) is 55.9 Å². The zero-order valence-corrected chi connectivity index (χ0v) is 13.4. The highest BCUT2D eigenvalue weighted by Gasteiger charge is 2.09.